The fourth-order valence-electron chi connectivity index (χ4n) is 2.69. The zero-order valence-corrected chi connectivity index (χ0v) is 16.5. The van der Waals surface area contributed by atoms with E-state index in [4.69, 9.17) is 29.6 Å². The van der Waals surface area contributed by atoms with Gasteiger partial charge >= 0.3 is 0 Å². The number of carbonyl (C=O) groups is 1. The highest BCUT2D eigenvalue weighted by Crippen LogP contribution is 2.32. The third-order valence-electron chi connectivity index (χ3n) is 3.94. The van der Waals surface area contributed by atoms with Gasteiger partial charge in [0.05, 0.1) is 11.6 Å². The summed E-state index contributed by atoms with van der Waals surface area (Å²) >= 11 is 11.7. The van der Waals surface area contributed by atoms with E-state index in [1.54, 1.807) is 13.3 Å². The Morgan fingerprint density at radius 1 is 1.46 bits per heavy atom. The Balaban J connectivity index is 2.33. The summed E-state index contributed by atoms with van der Waals surface area (Å²) in [5, 5.41) is 10.0. The quantitative estimate of drug-likeness (QED) is 0.455. The topological polar surface area (TPSA) is 91.5 Å². The van der Waals surface area contributed by atoms with E-state index in [1.807, 2.05) is 32.0 Å². The Kier molecular flexibility index (Phi) is 6.76. The maximum Gasteiger partial charge on any atom is 0.251 e. The number of aryl methyl sites for hydroxylation is 1. The van der Waals surface area contributed by atoms with Crippen LogP contribution in [0, 0.1) is 6.92 Å². The molecule has 1 aromatic rings. The van der Waals surface area contributed by atoms with Gasteiger partial charge in [-0.25, -0.2) is 0 Å². The third kappa shape index (κ3) is 4.62. The molecule has 0 aromatic heterocycles. The van der Waals surface area contributed by atoms with E-state index in [1.165, 1.54) is 6.20 Å². The van der Waals surface area contributed by atoms with Crippen molar-refractivity contribution in [2.24, 2.45) is 10.7 Å². The zero-order chi connectivity index (χ0) is 19.3. The Hall–Kier alpha value is -2.38. The first-order valence-corrected chi connectivity index (χ1v) is 8.81. The van der Waals surface area contributed by atoms with E-state index in [-0.39, 0.29) is 12.5 Å². The molecule has 1 atom stereocenters. The summed E-state index contributed by atoms with van der Waals surface area (Å²) < 4.78 is 0. The van der Waals surface area contributed by atoms with Crippen LogP contribution in [0.3, 0.4) is 0 Å². The fraction of sp³-hybridized carbons (Fsp3) is 0.278. The van der Waals surface area contributed by atoms with Gasteiger partial charge in [-0.1, -0.05) is 23.7 Å². The van der Waals surface area contributed by atoms with Crippen molar-refractivity contribution in [1.29, 1.82) is 0 Å². The van der Waals surface area contributed by atoms with E-state index in [9.17, 15) is 4.79 Å². The number of nitrogens with one attached hydrogen (secondary N) is 3. The maximum absolute atomic E-state index is 12.9. The van der Waals surface area contributed by atoms with Crippen LogP contribution in [0.1, 0.15) is 24.1 Å². The van der Waals surface area contributed by atoms with Crippen LogP contribution in [0.4, 0.5) is 0 Å². The van der Waals surface area contributed by atoms with Crippen molar-refractivity contribution in [3.05, 3.63) is 57.4 Å². The summed E-state index contributed by atoms with van der Waals surface area (Å²) in [7, 11) is 1.64. The lowest BCUT2D eigenvalue weighted by Gasteiger charge is -2.31. The summed E-state index contributed by atoms with van der Waals surface area (Å²) in [5.74, 6) is -0.240. The largest absolute Gasteiger partial charge is 0.404 e. The molecule has 0 saturated heterocycles. The van der Waals surface area contributed by atoms with Gasteiger partial charge in [0.1, 0.15) is 0 Å². The minimum atomic E-state index is -0.443. The molecular weight excluding hydrogens is 370 g/mol. The van der Waals surface area contributed by atoms with Crippen LogP contribution >= 0.6 is 23.8 Å². The molecule has 26 heavy (non-hydrogen) atoms. The van der Waals surface area contributed by atoms with Crippen LogP contribution < -0.4 is 21.7 Å². The van der Waals surface area contributed by atoms with Gasteiger partial charge in [0.15, 0.2) is 5.11 Å². The van der Waals surface area contributed by atoms with E-state index < -0.39 is 6.04 Å². The van der Waals surface area contributed by atoms with Crippen LogP contribution in [0.2, 0.25) is 5.02 Å². The summed E-state index contributed by atoms with van der Waals surface area (Å²) in [5.41, 5.74) is 9.28. The molecule has 0 spiro atoms. The van der Waals surface area contributed by atoms with E-state index >= 15 is 0 Å². The maximum atomic E-state index is 12.9. The van der Waals surface area contributed by atoms with Crippen molar-refractivity contribution in [3.63, 3.8) is 0 Å². The number of hydrogen-bond acceptors (Lipinski definition) is 4. The average Bonchev–Trinajstić information content (AvgIpc) is 2.57. The first-order valence-electron chi connectivity index (χ1n) is 8.02. The molecule has 0 aliphatic carbocycles. The van der Waals surface area contributed by atoms with E-state index in [0.29, 0.717) is 27.0 Å². The summed E-state index contributed by atoms with van der Waals surface area (Å²) in [6, 6.07) is 5.27. The number of allylic oxidation sites excluding steroid dienone is 1. The van der Waals surface area contributed by atoms with Crippen molar-refractivity contribution >= 4 is 41.1 Å². The van der Waals surface area contributed by atoms with Gasteiger partial charge < -0.3 is 21.7 Å². The van der Waals surface area contributed by atoms with E-state index in [2.05, 4.69) is 20.9 Å². The van der Waals surface area contributed by atoms with Gasteiger partial charge in [-0.15, -0.1) is 0 Å². The van der Waals surface area contributed by atoms with Gasteiger partial charge in [0.25, 0.3) is 5.91 Å². The monoisotopic (exact) mass is 391 g/mol. The predicted molar refractivity (Wildman–Crippen MR) is 110 cm³/mol. The lowest BCUT2D eigenvalue weighted by atomic mass is 9.94. The SMILES string of the molecule is CN=C/C(=C\N)CNC(=O)C1=C(C)NC(=S)NC1c1ccc(C)cc1Cl. The van der Waals surface area contributed by atoms with Gasteiger partial charge in [-0.2, -0.15) is 0 Å². The number of nitrogens with two attached hydrogens (primary N) is 1. The summed E-state index contributed by atoms with van der Waals surface area (Å²) in [6.45, 7) is 4.04. The second-order valence-corrected chi connectivity index (χ2v) is 6.72. The Morgan fingerprint density at radius 3 is 2.81 bits per heavy atom. The smallest absolute Gasteiger partial charge is 0.251 e. The highest BCUT2D eigenvalue weighted by Gasteiger charge is 2.31. The molecule has 1 amide bonds. The number of thiocarbonyl (C=S) groups is 1. The molecule has 5 N–H and O–H groups in total. The molecule has 0 fully saturated rings. The molecule has 0 radical (unpaired) electrons. The standard InChI is InChI=1S/C18H22ClN5OS/c1-10-4-5-13(14(19)6-10)16-15(11(2)23-18(26)24-16)17(25)22-9-12(7-20)8-21-3/h4-8,16H,9,20H2,1-3H3,(H,22,25)(H2,23,24,26)/b12-7+,21-8?. The molecule has 6 nitrogen and oxygen atoms in total. The van der Waals surface area contributed by atoms with Crippen LogP contribution in [-0.2, 0) is 4.79 Å². The second-order valence-electron chi connectivity index (χ2n) is 5.91. The first kappa shape index (κ1) is 19.9. The number of halogens is 1. The van der Waals surface area contributed by atoms with Crippen molar-refractivity contribution in [1.82, 2.24) is 16.0 Å². The number of amides is 1. The molecule has 1 unspecified atom stereocenters. The number of nitrogens with zero attached hydrogens (tertiary/aromatic N) is 1. The molecule has 1 heterocycles. The van der Waals surface area contributed by atoms with Crippen molar-refractivity contribution in [2.75, 3.05) is 13.6 Å². The molecule has 0 bridgehead atoms. The van der Waals surface area contributed by atoms with E-state index in [0.717, 1.165) is 11.1 Å². The first-order chi connectivity index (χ1) is 12.4. The average molecular weight is 392 g/mol. The van der Waals surface area contributed by atoms with Gasteiger partial charge in [0, 0.05) is 42.3 Å². The molecule has 8 heteroatoms. The third-order valence-corrected chi connectivity index (χ3v) is 4.49. The Morgan fingerprint density at radius 2 is 2.19 bits per heavy atom. The van der Waals surface area contributed by atoms with Gasteiger partial charge in [-0.3, -0.25) is 9.79 Å². The fourth-order valence-corrected chi connectivity index (χ4v) is 3.30. The molecule has 0 saturated carbocycles. The van der Waals surface area contributed by atoms with Crippen molar-refractivity contribution in [2.45, 2.75) is 19.9 Å². The minimum Gasteiger partial charge on any atom is -0.404 e. The molecule has 1 aromatic carbocycles. The molecule has 138 valence electrons. The Bertz CT molecular complexity index is 816. The lowest BCUT2D eigenvalue weighted by molar-refractivity contribution is -0.117. The van der Waals surface area contributed by atoms with Crippen molar-refractivity contribution in [3.8, 4) is 0 Å². The number of hydrogen-bond donors (Lipinski definition) is 4. The highest BCUT2D eigenvalue weighted by molar-refractivity contribution is 7.80. The van der Waals surface area contributed by atoms with Crippen molar-refractivity contribution < 1.29 is 4.79 Å². The number of aliphatic imine (C=N–C) groups is 1. The normalized spacial score (nSPS) is 17.9. The number of rotatable bonds is 5. The van der Waals surface area contributed by atoms with Crippen LogP contribution in [0.25, 0.3) is 0 Å². The number of benzene rings is 1. The highest BCUT2D eigenvalue weighted by atomic mass is 35.5. The second kappa shape index (κ2) is 8.82. The molecular formula is C18H22ClN5OS. The molecule has 1 aliphatic rings. The van der Waals surface area contributed by atoms with Gasteiger partial charge in [0.2, 0.25) is 0 Å². The van der Waals surface area contributed by atoms with Crippen LogP contribution in [0.15, 0.2) is 46.2 Å². The minimum absolute atomic E-state index is 0.240. The molecule has 2 rings (SSSR count). The Labute approximate surface area is 163 Å². The predicted octanol–water partition coefficient (Wildman–Crippen LogP) is 2.10. The van der Waals surface area contributed by atoms with Crippen LogP contribution in [0.5, 0.6) is 0 Å². The summed E-state index contributed by atoms with van der Waals surface area (Å²) in [4.78, 5) is 16.8. The summed E-state index contributed by atoms with van der Waals surface area (Å²) in [6.07, 6.45) is 3.01. The zero-order valence-electron chi connectivity index (χ0n) is 14.9. The lowest BCUT2D eigenvalue weighted by Crippen LogP contribution is -2.47. The number of carbonyl (C=O) groups excluding carboxylic acids is 1. The van der Waals surface area contributed by atoms with Gasteiger partial charge in [-0.05, 0) is 43.3 Å². The molecule has 1 aliphatic heterocycles. The van der Waals surface area contributed by atoms with Crippen LogP contribution in [-0.4, -0.2) is 30.8 Å².